The fourth-order valence-corrected chi connectivity index (χ4v) is 2.81. The zero-order chi connectivity index (χ0) is 9.42. The Morgan fingerprint density at radius 2 is 2.15 bits per heavy atom. The predicted octanol–water partition coefficient (Wildman–Crippen LogP) is 2.94. The SMILES string of the molecule is CC(O)n1c(=S)sc2ccccc21. The molecule has 0 bridgehead atoms. The van der Waals surface area contributed by atoms with E-state index in [4.69, 9.17) is 12.2 Å². The van der Waals surface area contributed by atoms with Gasteiger partial charge in [0.15, 0.2) is 3.95 Å². The van der Waals surface area contributed by atoms with Crippen molar-refractivity contribution in [1.29, 1.82) is 0 Å². The molecule has 0 saturated carbocycles. The predicted molar refractivity (Wildman–Crippen MR) is 57.6 cm³/mol. The summed E-state index contributed by atoms with van der Waals surface area (Å²) in [5.74, 6) is 0. The summed E-state index contributed by atoms with van der Waals surface area (Å²) in [6, 6.07) is 7.89. The van der Waals surface area contributed by atoms with Crippen LogP contribution in [0.4, 0.5) is 0 Å². The number of fused-ring (bicyclic) bond motifs is 1. The van der Waals surface area contributed by atoms with E-state index in [1.165, 1.54) is 11.3 Å². The molecule has 2 nitrogen and oxygen atoms in total. The molecule has 0 aliphatic heterocycles. The number of nitrogens with zero attached hydrogens (tertiary/aromatic N) is 1. The number of para-hydroxylation sites is 1. The van der Waals surface area contributed by atoms with E-state index in [0.717, 1.165) is 14.2 Å². The van der Waals surface area contributed by atoms with Gasteiger partial charge in [-0.1, -0.05) is 12.1 Å². The minimum atomic E-state index is -0.552. The summed E-state index contributed by atoms with van der Waals surface area (Å²) in [5, 5.41) is 9.49. The van der Waals surface area contributed by atoms with Gasteiger partial charge in [-0.3, -0.25) is 4.57 Å². The van der Waals surface area contributed by atoms with E-state index in [-0.39, 0.29) is 0 Å². The van der Waals surface area contributed by atoms with E-state index in [1.54, 1.807) is 11.5 Å². The van der Waals surface area contributed by atoms with Crippen LogP contribution in [-0.2, 0) is 0 Å². The Morgan fingerprint density at radius 1 is 1.46 bits per heavy atom. The molecular weight excluding hydrogens is 202 g/mol. The fraction of sp³-hybridized carbons (Fsp3) is 0.222. The zero-order valence-corrected chi connectivity index (χ0v) is 8.73. The van der Waals surface area contributed by atoms with E-state index in [9.17, 15) is 5.11 Å². The van der Waals surface area contributed by atoms with Crippen molar-refractivity contribution in [3.05, 3.63) is 28.2 Å². The van der Waals surface area contributed by atoms with Gasteiger partial charge in [-0.15, -0.1) is 11.3 Å². The summed E-state index contributed by atoms with van der Waals surface area (Å²) >= 11 is 6.68. The van der Waals surface area contributed by atoms with Crippen LogP contribution in [0, 0.1) is 3.95 Å². The Labute approximate surface area is 85.1 Å². The third-order valence-electron chi connectivity index (χ3n) is 1.89. The molecule has 4 heteroatoms. The maximum Gasteiger partial charge on any atom is 0.164 e. The van der Waals surface area contributed by atoms with Crippen LogP contribution >= 0.6 is 23.6 Å². The molecule has 1 heterocycles. The Bertz CT molecular complexity index is 484. The van der Waals surface area contributed by atoms with E-state index in [0.29, 0.717) is 0 Å². The number of aliphatic hydroxyl groups is 1. The normalized spacial score (nSPS) is 13.4. The molecule has 0 radical (unpaired) electrons. The summed E-state index contributed by atoms with van der Waals surface area (Å²) in [4.78, 5) is 0. The average molecular weight is 211 g/mol. The molecule has 1 unspecified atom stereocenters. The van der Waals surface area contributed by atoms with Crippen LogP contribution in [0.5, 0.6) is 0 Å². The van der Waals surface area contributed by atoms with Gasteiger partial charge in [0, 0.05) is 0 Å². The van der Waals surface area contributed by atoms with Crippen LogP contribution in [-0.4, -0.2) is 9.67 Å². The van der Waals surface area contributed by atoms with Crippen molar-refractivity contribution < 1.29 is 5.11 Å². The van der Waals surface area contributed by atoms with Crippen molar-refractivity contribution in [1.82, 2.24) is 4.57 Å². The molecule has 0 fully saturated rings. The quantitative estimate of drug-likeness (QED) is 0.734. The summed E-state index contributed by atoms with van der Waals surface area (Å²) in [6.07, 6.45) is -0.552. The first kappa shape index (κ1) is 8.87. The van der Waals surface area contributed by atoms with E-state index >= 15 is 0 Å². The van der Waals surface area contributed by atoms with Crippen molar-refractivity contribution >= 4 is 33.8 Å². The Morgan fingerprint density at radius 3 is 2.85 bits per heavy atom. The molecule has 2 rings (SSSR count). The van der Waals surface area contributed by atoms with Crippen LogP contribution in [0.15, 0.2) is 24.3 Å². The van der Waals surface area contributed by atoms with Crippen molar-refractivity contribution in [2.45, 2.75) is 13.2 Å². The van der Waals surface area contributed by atoms with Crippen molar-refractivity contribution in [3.63, 3.8) is 0 Å². The molecule has 1 atom stereocenters. The van der Waals surface area contributed by atoms with Gasteiger partial charge in [-0.25, -0.2) is 0 Å². The molecule has 68 valence electrons. The number of benzene rings is 1. The highest BCUT2D eigenvalue weighted by Gasteiger charge is 2.07. The first-order chi connectivity index (χ1) is 6.20. The maximum absolute atomic E-state index is 9.49. The number of thiazole rings is 1. The monoisotopic (exact) mass is 211 g/mol. The molecule has 1 N–H and O–H groups in total. The Balaban J connectivity index is 2.87. The van der Waals surface area contributed by atoms with Crippen LogP contribution in [0.2, 0.25) is 0 Å². The summed E-state index contributed by atoms with van der Waals surface area (Å²) in [5.41, 5.74) is 1.01. The third-order valence-corrected chi connectivity index (χ3v) is 3.28. The number of hydrogen-bond acceptors (Lipinski definition) is 3. The van der Waals surface area contributed by atoms with Crippen LogP contribution in [0.3, 0.4) is 0 Å². The molecule has 0 amide bonds. The van der Waals surface area contributed by atoms with Gasteiger partial charge >= 0.3 is 0 Å². The second-order valence-corrected chi connectivity index (χ2v) is 4.51. The number of hydrogen-bond donors (Lipinski definition) is 1. The second-order valence-electron chi connectivity index (χ2n) is 2.84. The van der Waals surface area contributed by atoms with E-state index < -0.39 is 6.23 Å². The number of aromatic nitrogens is 1. The highest BCUT2D eigenvalue weighted by atomic mass is 32.1. The molecule has 13 heavy (non-hydrogen) atoms. The topological polar surface area (TPSA) is 25.2 Å². The number of aliphatic hydroxyl groups excluding tert-OH is 1. The lowest BCUT2D eigenvalue weighted by molar-refractivity contribution is 0.129. The molecule has 0 spiro atoms. The van der Waals surface area contributed by atoms with Crippen LogP contribution in [0.25, 0.3) is 10.2 Å². The number of rotatable bonds is 1. The first-order valence-corrected chi connectivity index (χ1v) is 5.21. The van der Waals surface area contributed by atoms with Crippen molar-refractivity contribution in [3.8, 4) is 0 Å². The fourth-order valence-electron chi connectivity index (χ4n) is 1.34. The van der Waals surface area contributed by atoms with Gasteiger partial charge < -0.3 is 5.11 Å². The molecule has 1 aromatic carbocycles. The second kappa shape index (κ2) is 3.21. The minimum Gasteiger partial charge on any atom is -0.373 e. The van der Waals surface area contributed by atoms with Gasteiger partial charge in [0.1, 0.15) is 6.23 Å². The summed E-state index contributed by atoms with van der Waals surface area (Å²) in [7, 11) is 0. The lowest BCUT2D eigenvalue weighted by atomic mass is 10.3. The third kappa shape index (κ3) is 1.41. The molecule has 0 aliphatic carbocycles. The van der Waals surface area contributed by atoms with E-state index in [1.807, 2.05) is 24.3 Å². The largest absolute Gasteiger partial charge is 0.373 e. The standard InChI is InChI=1S/C9H9NOS2/c1-6(11)10-7-4-2-3-5-8(7)13-9(10)12/h2-6,11H,1H3. The van der Waals surface area contributed by atoms with Gasteiger partial charge in [-0.05, 0) is 31.3 Å². The lowest BCUT2D eigenvalue weighted by Crippen LogP contribution is -2.02. The molecular formula is C9H9NOS2. The summed E-state index contributed by atoms with van der Waals surface area (Å²) in [6.45, 7) is 1.72. The zero-order valence-electron chi connectivity index (χ0n) is 7.10. The van der Waals surface area contributed by atoms with Crippen LogP contribution < -0.4 is 0 Å². The van der Waals surface area contributed by atoms with Gasteiger partial charge in [0.2, 0.25) is 0 Å². The van der Waals surface area contributed by atoms with Gasteiger partial charge in [-0.2, -0.15) is 0 Å². The molecule has 0 saturated heterocycles. The smallest absolute Gasteiger partial charge is 0.164 e. The molecule has 0 aliphatic rings. The Hall–Kier alpha value is -0.710. The van der Waals surface area contributed by atoms with Gasteiger partial charge in [0.05, 0.1) is 10.2 Å². The maximum atomic E-state index is 9.49. The summed E-state index contributed by atoms with van der Waals surface area (Å²) < 4.78 is 3.60. The van der Waals surface area contributed by atoms with Crippen LogP contribution in [0.1, 0.15) is 13.2 Å². The van der Waals surface area contributed by atoms with Gasteiger partial charge in [0.25, 0.3) is 0 Å². The highest BCUT2D eigenvalue weighted by Crippen LogP contribution is 2.24. The first-order valence-electron chi connectivity index (χ1n) is 3.98. The Kier molecular flexibility index (Phi) is 2.19. The van der Waals surface area contributed by atoms with Crippen molar-refractivity contribution in [2.75, 3.05) is 0 Å². The molecule has 2 aromatic rings. The molecule has 1 aromatic heterocycles. The highest BCUT2D eigenvalue weighted by molar-refractivity contribution is 7.73. The van der Waals surface area contributed by atoms with Crippen molar-refractivity contribution in [2.24, 2.45) is 0 Å². The average Bonchev–Trinajstić information content (AvgIpc) is 2.39. The lowest BCUT2D eigenvalue weighted by Gasteiger charge is -2.06. The minimum absolute atomic E-state index is 0.552. The van der Waals surface area contributed by atoms with E-state index in [2.05, 4.69) is 0 Å².